The number of nitrogen functional groups attached to an aromatic ring is 1. The molecule has 1 heterocycles. The first kappa shape index (κ1) is 14.7. The van der Waals surface area contributed by atoms with Crippen LogP contribution in [-0.2, 0) is 0 Å². The second-order valence-electron chi connectivity index (χ2n) is 6.70. The van der Waals surface area contributed by atoms with E-state index in [0.29, 0.717) is 6.54 Å². The van der Waals surface area contributed by atoms with Crippen molar-refractivity contribution in [1.29, 1.82) is 0 Å². The Labute approximate surface area is 120 Å². The van der Waals surface area contributed by atoms with Gasteiger partial charge < -0.3 is 15.7 Å². The number of benzene rings is 1. The van der Waals surface area contributed by atoms with Crippen molar-refractivity contribution in [1.82, 2.24) is 4.90 Å². The molecule has 3 N–H and O–H groups in total. The predicted octanol–water partition coefficient (Wildman–Crippen LogP) is 3.54. The van der Waals surface area contributed by atoms with Gasteiger partial charge in [-0.3, -0.25) is 0 Å². The number of nitrogens with zero attached hydrogens (tertiary/aromatic N) is 1. The van der Waals surface area contributed by atoms with Crippen molar-refractivity contribution in [2.24, 2.45) is 5.41 Å². The largest absolute Gasteiger partial charge is 0.465 e. The van der Waals surface area contributed by atoms with Gasteiger partial charge in [-0.2, -0.15) is 0 Å². The number of rotatable bonds is 1. The zero-order chi connectivity index (χ0) is 14.9. The summed E-state index contributed by atoms with van der Waals surface area (Å²) in [5.41, 5.74) is 7.58. The molecule has 1 aromatic rings. The third kappa shape index (κ3) is 2.89. The van der Waals surface area contributed by atoms with Crippen molar-refractivity contribution in [2.45, 2.75) is 45.6 Å². The molecule has 0 spiro atoms. The highest BCUT2D eigenvalue weighted by molar-refractivity contribution is 5.66. The number of hydrogen-bond acceptors (Lipinski definition) is 2. The van der Waals surface area contributed by atoms with Gasteiger partial charge in [-0.1, -0.05) is 32.9 Å². The number of anilines is 1. The van der Waals surface area contributed by atoms with Crippen LogP contribution in [0.5, 0.6) is 0 Å². The maximum Gasteiger partial charge on any atom is 0.407 e. The van der Waals surface area contributed by atoms with Gasteiger partial charge in [-0.05, 0) is 36.0 Å². The minimum Gasteiger partial charge on any atom is -0.465 e. The summed E-state index contributed by atoms with van der Waals surface area (Å²) in [4.78, 5) is 13.2. The van der Waals surface area contributed by atoms with Gasteiger partial charge in [0.05, 0.1) is 0 Å². The minimum absolute atomic E-state index is 0.00243. The molecule has 1 aliphatic heterocycles. The molecule has 0 radical (unpaired) electrons. The number of carboxylic acid groups (broad SMARTS) is 1. The van der Waals surface area contributed by atoms with Gasteiger partial charge in [0.25, 0.3) is 0 Å². The van der Waals surface area contributed by atoms with Crippen LogP contribution in [0.2, 0.25) is 0 Å². The second-order valence-corrected chi connectivity index (χ2v) is 6.70. The quantitative estimate of drug-likeness (QED) is 0.771. The Balaban J connectivity index is 2.38. The lowest BCUT2D eigenvalue weighted by Gasteiger charge is -2.47. The van der Waals surface area contributed by atoms with Crippen LogP contribution < -0.4 is 5.73 Å². The summed E-state index contributed by atoms with van der Waals surface area (Å²) in [5.74, 6) is 0.237. The molecule has 2 unspecified atom stereocenters. The summed E-state index contributed by atoms with van der Waals surface area (Å²) in [7, 11) is 0. The molecular weight excluding hydrogens is 252 g/mol. The predicted molar refractivity (Wildman–Crippen MR) is 80.8 cm³/mol. The minimum atomic E-state index is -0.815. The van der Waals surface area contributed by atoms with Crippen LogP contribution >= 0.6 is 0 Å². The Hall–Kier alpha value is -1.71. The van der Waals surface area contributed by atoms with E-state index in [1.165, 1.54) is 5.56 Å². The van der Waals surface area contributed by atoms with E-state index in [2.05, 4.69) is 20.8 Å². The fourth-order valence-corrected chi connectivity index (χ4v) is 3.37. The van der Waals surface area contributed by atoms with E-state index in [-0.39, 0.29) is 17.4 Å². The molecule has 1 fully saturated rings. The van der Waals surface area contributed by atoms with E-state index in [1.807, 2.05) is 24.3 Å². The average molecular weight is 276 g/mol. The fraction of sp³-hybridized carbons (Fsp3) is 0.562. The van der Waals surface area contributed by atoms with Crippen LogP contribution in [0.15, 0.2) is 24.3 Å². The highest BCUT2D eigenvalue weighted by atomic mass is 16.4. The van der Waals surface area contributed by atoms with Gasteiger partial charge >= 0.3 is 6.09 Å². The first-order valence-electron chi connectivity index (χ1n) is 7.15. The molecule has 0 aliphatic carbocycles. The molecule has 0 bridgehead atoms. The highest BCUT2D eigenvalue weighted by Crippen LogP contribution is 2.41. The maximum atomic E-state index is 11.5. The molecule has 20 heavy (non-hydrogen) atoms. The fourth-order valence-electron chi connectivity index (χ4n) is 3.37. The third-order valence-corrected chi connectivity index (χ3v) is 4.13. The summed E-state index contributed by atoms with van der Waals surface area (Å²) in [5, 5.41) is 9.49. The van der Waals surface area contributed by atoms with Gasteiger partial charge in [0, 0.05) is 24.2 Å². The standard InChI is InChI=1S/C16H24N2O2/c1-16(2,3)14-13(5-4-10-18(14)15(19)20)11-6-8-12(17)9-7-11/h6-9,13-14H,4-5,10,17H2,1-3H3,(H,19,20). The van der Waals surface area contributed by atoms with Crippen LogP contribution in [0.3, 0.4) is 0 Å². The summed E-state index contributed by atoms with van der Waals surface area (Å²) < 4.78 is 0. The van der Waals surface area contributed by atoms with Crippen LogP contribution in [0, 0.1) is 5.41 Å². The van der Waals surface area contributed by atoms with E-state index in [0.717, 1.165) is 18.5 Å². The van der Waals surface area contributed by atoms with Crippen molar-refractivity contribution in [3.63, 3.8) is 0 Å². The summed E-state index contributed by atoms with van der Waals surface area (Å²) in [6, 6.07) is 7.86. The lowest BCUT2D eigenvalue weighted by atomic mass is 9.71. The van der Waals surface area contributed by atoms with Crippen LogP contribution in [0.25, 0.3) is 0 Å². The van der Waals surface area contributed by atoms with Crippen molar-refractivity contribution < 1.29 is 9.90 Å². The number of piperidine rings is 1. The van der Waals surface area contributed by atoms with Crippen molar-refractivity contribution >= 4 is 11.8 Å². The molecule has 2 rings (SSSR count). The van der Waals surface area contributed by atoms with Gasteiger partial charge in [-0.25, -0.2) is 4.79 Å². The summed E-state index contributed by atoms with van der Waals surface area (Å²) in [6.45, 7) is 6.97. The van der Waals surface area contributed by atoms with Crippen LogP contribution in [0.4, 0.5) is 10.5 Å². The topological polar surface area (TPSA) is 66.6 Å². The first-order chi connectivity index (χ1) is 9.30. The van der Waals surface area contributed by atoms with E-state index < -0.39 is 6.09 Å². The Morgan fingerprint density at radius 3 is 2.40 bits per heavy atom. The molecule has 110 valence electrons. The maximum absolute atomic E-state index is 11.5. The number of hydrogen-bond donors (Lipinski definition) is 2. The van der Waals surface area contributed by atoms with Crippen molar-refractivity contribution in [3.05, 3.63) is 29.8 Å². The number of nitrogens with two attached hydrogens (primary N) is 1. The normalized spacial score (nSPS) is 23.6. The first-order valence-corrected chi connectivity index (χ1v) is 7.15. The molecule has 0 saturated carbocycles. The Morgan fingerprint density at radius 1 is 1.30 bits per heavy atom. The van der Waals surface area contributed by atoms with Gasteiger partial charge in [0.15, 0.2) is 0 Å². The van der Waals surface area contributed by atoms with Gasteiger partial charge in [0.2, 0.25) is 0 Å². The molecule has 1 saturated heterocycles. The molecule has 1 aromatic carbocycles. The zero-order valence-electron chi connectivity index (χ0n) is 12.5. The van der Waals surface area contributed by atoms with E-state index >= 15 is 0 Å². The summed E-state index contributed by atoms with van der Waals surface area (Å²) >= 11 is 0. The molecule has 1 amide bonds. The molecule has 2 atom stereocenters. The van der Waals surface area contributed by atoms with Crippen LogP contribution in [0.1, 0.15) is 45.1 Å². The third-order valence-electron chi connectivity index (χ3n) is 4.13. The SMILES string of the molecule is CC(C)(C)C1C(c2ccc(N)cc2)CCCN1C(=O)O. The lowest BCUT2D eigenvalue weighted by Crippen LogP contribution is -2.53. The average Bonchev–Trinajstić information content (AvgIpc) is 2.37. The Bertz CT molecular complexity index is 476. The summed E-state index contributed by atoms with van der Waals surface area (Å²) in [6.07, 6.45) is 1.12. The molecular formula is C16H24N2O2. The van der Waals surface area contributed by atoms with Gasteiger partial charge in [-0.15, -0.1) is 0 Å². The Kier molecular flexibility index (Phi) is 3.93. The number of amides is 1. The molecule has 0 aromatic heterocycles. The van der Waals surface area contributed by atoms with Crippen molar-refractivity contribution in [2.75, 3.05) is 12.3 Å². The van der Waals surface area contributed by atoms with E-state index in [9.17, 15) is 9.90 Å². The monoisotopic (exact) mass is 276 g/mol. The van der Waals surface area contributed by atoms with E-state index in [4.69, 9.17) is 5.73 Å². The van der Waals surface area contributed by atoms with Crippen molar-refractivity contribution in [3.8, 4) is 0 Å². The van der Waals surface area contributed by atoms with Gasteiger partial charge in [0.1, 0.15) is 0 Å². The van der Waals surface area contributed by atoms with Crippen LogP contribution in [-0.4, -0.2) is 28.7 Å². The van der Waals surface area contributed by atoms with E-state index in [1.54, 1.807) is 4.90 Å². The molecule has 4 heteroatoms. The lowest BCUT2D eigenvalue weighted by molar-refractivity contribution is 0.0457. The highest BCUT2D eigenvalue weighted by Gasteiger charge is 2.42. The number of likely N-dealkylation sites (tertiary alicyclic amines) is 1. The molecule has 4 nitrogen and oxygen atoms in total. The number of carbonyl (C=O) groups is 1. The Morgan fingerprint density at radius 2 is 1.90 bits per heavy atom. The second kappa shape index (κ2) is 5.35. The zero-order valence-corrected chi connectivity index (χ0v) is 12.5. The molecule has 1 aliphatic rings. The smallest absolute Gasteiger partial charge is 0.407 e.